The van der Waals surface area contributed by atoms with Gasteiger partial charge in [-0.1, -0.05) is 67.9 Å². The van der Waals surface area contributed by atoms with Crippen molar-refractivity contribution in [2.75, 3.05) is 13.7 Å². The van der Waals surface area contributed by atoms with Crippen LogP contribution in [0.2, 0.25) is 5.02 Å². The van der Waals surface area contributed by atoms with Gasteiger partial charge < -0.3 is 62.8 Å². The third-order valence-electron chi connectivity index (χ3n) is 9.67. The van der Waals surface area contributed by atoms with E-state index >= 15 is 0 Å². The molecule has 0 aromatic heterocycles. The molecule has 0 aliphatic carbocycles. The Labute approximate surface area is 355 Å². The van der Waals surface area contributed by atoms with E-state index in [0.717, 1.165) is 13.0 Å². The van der Waals surface area contributed by atoms with Gasteiger partial charge in [-0.3, -0.25) is 33.6 Å². The number of allylic oxidation sites excluding steroid dienone is 1. The summed E-state index contributed by atoms with van der Waals surface area (Å²) in [6.07, 6.45) is -3.52. The fraction of sp³-hybridized carbons (Fsp3) is 0.400. The highest BCUT2D eigenvalue weighted by Crippen LogP contribution is 2.33. The topological polar surface area (TPSA) is 328 Å². The Bertz CT molecular complexity index is 2010. The normalized spacial score (nSPS) is 25.3. The zero-order valence-electron chi connectivity index (χ0n) is 33.6. The number of ether oxygens (including phenoxy) is 2. The second kappa shape index (κ2) is 22.9. The smallest absolute Gasteiger partial charge is 0.329 e. The molecule has 0 bridgehead atoms. The number of hydrogen-bond donors (Lipinski definition) is 10. The maximum Gasteiger partial charge on any atom is 0.329 e. The molecule has 2 aromatic rings. The molecule has 0 spiro atoms. The summed E-state index contributed by atoms with van der Waals surface area (Å²) < 4.78 is 11.1. The first-order valence-corrected chi connectivity index (χ1v) is 19.2. The highest BCUT2D eigenvalue weighted by Gasteiger charge is 2.43. The molecule has 1 aliphatic heterocycles. The molecule has 0 radical (unpaired) electrons. The van der Waals surface area contributed by atoms with Crippen LogP contribution in [0.15, 0.2) is 66.4 Å². The number of carboxylic acids is 1. The fourth-order valence-electron chi connectivity index (χ4n) is 5.97. The molecule has 21 heteroatoms. The van der Waals surface area contributed by atoms with Crippen LogP contribution in [0.5, 0.6) is 5.75 Å². The largest absolute Gasteiger partial charge is 0.495 e. The van der Waals surface area contributed by atoms with E-state index in [9.17, 15) is 53.7 Å². The first-order chi connectivity index (χ1) is 28.8. The maximum absolute atomic E-state index is 14.0. The maximum atomic E-state index is 14.0. The van der Waals surface area contributed by atoms with Crippen molar-refractivity contribution < 1.29 is 63.1 Å². The summed E-state index contributed by atoms with van der Waals surface area (Å²) in [6, 6.07) is 5.33. The SMILES string of the molecule is C/C=C(\NC(=O)/C=C/c1ccccc1)C(=O)N[C@@H]1[C@@H](O)[C@H](C)C(=O)N[C@@H]([C@@H](O)C(N)=O)C(=O)NCC[C@H](C)[C@H](N)C(=O)N[C@@H](CC(=O)O)C(=O)O[C@@H]1c1ccc(OC)c(Cl)c1. The van der Waals surface area contributed by atoms with Crippen molar-refractivity contribution in [1.82, 2.24) is 26.6 Å². The minimum absolute atomic E-state index is 0.00351. The van der Waals surface area contributed by atoms with Crippen LogP contribution in [0.25, 0.3) is 6.08 Å². The first kappa shape index (κ1) is 49.0. The fourth-order valence-corrected chi connectivity index (χ4v) is 6.23. The van der Waals surface area contributed by atoms with E-state index in [1.54, 1.807) is 30.3 Å². The van der Waals surface area contributed by atoms with Crippen LogP contribution in [-0.2, 0) is 43.1 Å². The average Bonchev–Trinajstić information content (AvgIpc) is 3.23. The number of esters is 1. The lowest BCUT2D eigenvalue weighted by Crippen LogP contribution is -2.60. The lowest BCUT2D eigenvalue weighted by atomic mass is 9.89. The Morgan fingerprint density at radius 1 is 1.03 bits per heavy atom. The zero-order valence-corrected chi connectivity index (χ0v) is 34.4. The van der Waals surface area contributed by atoms with Gasteiger partial charge in [-0.25, -0.2) is 4.79 Å². The van der Waals surface area contributed by atoms with Crippen LogP contribution in [-0.4, -0.2) is 113 Å². The van der Waals surface area contributed by atoms with Gasteiger partial charge in [0.05, 0.1) is 42.7 Å². The van der Waals surface area contributed by atoms with Gasteiger partial charge in [0.15, 0.2) is 6.10 Å². The van der Waals surface area contributed by atoms with Crippen LogP contribution in [0, 0.1) is 11.8 Å². The van der Waals surface area contributed by atoms with Gasteiger partial charge in [-0.2, -0.15) is 0 Å². The summed E-state index contributed by atoms with van der Waals surface area (Å²) in [5.74, 6) is -11.8. The molecule has 3 rings (SSSR count). The third-order valence-corrected chi connectivity index (χ3v) is 9.96. The Kier molecular flexibility index (Phi) is 18.4. The van der Waals surface area contributed by atoms with Crippen LogP contribution in [0.1, 0.15) is 50.8 Å². The minimum atomic E-state index is -2.28. The molecule has 9 atom stereocenters. The van der Waals surface area contributed by atoms with Crippen LogP contribution in [0.3, 0.4) is 0 Å². The van der Waals surface area contributed by atoms with Crippen molar-refractivity contribution in [3.05, 3.63) is 82.5 Å². The van der Waals surface area contributed by atoms with Crippen molar-refractivity contribution in [3.63, 3.8) is 0 Å². The number of halogens is 1. The van der Waals surface area contributed by atoms with Crippen LogP contribution in [0.4, 0.5) is 0 Å². The standard InChI is InChI=1S/C40H50ClN7O13/c1-5-24(45-27(49)14-11-21-9-7-6-8-10-21)37(56)47-30-32(52)20(3)36(55)48-31(33(53)35(43)54)39(58)44-16-15-19(2)29(42)38(57)46-25(18-28(50)51)40(59)61-34(30)22-12-13-26(60-4)23(41)17-22/h5-14,17,19-20,25,29-34,52-53H,15-16,18,42H2,1-4H3,(H2,43,54)(H,44,58)(H,45,49)(H,46,57)(H,47,56)(H,48,55)(H,50,51)/b14-11+,24-5-/t19-,20-,25-,29-,30+,31-,32-,33+,34+/m0/s1. The second-order valence-corrected chi connectivity index (χ2v) is 14.4. The quantitative estimate of drug-likeness (QED) is 0.0950. The molecule has 1 fully saturated rings. The summed E-state index contributed by atoms with van der Waals surface area (Å²) >= 11 is 6.45. The number of rotatable bonds is 11. The minimum Gasteiger partial charge on any atom is -0.495 e. The van der Waals surface area contributed by atoms with Gasteiger partial charge in [0, 0.05) is 12.6 Å². The molecule has 20 nitrogen and oxygen atoms in total. The number of aliphatic hydroxyl groups is 2. The van der Waals surface area contributed by atoms with Crippen molar-refractivity contribution in [2.24, 2.45) is 23.3 Å². The lowest BCUT2D eigenvalue weighted by Gasteiger charge is -2.35. The summed E-state index contributed by atoms with van der Waals surface area (Å²) in [7, 11) is 1.31. The monoisotopic (exact) mass is 871 g/mol. The number of benzene rings is 2. The number of cyclic esters (lactones) is 1. The van der Waals surface area contributed by atoms with Crippen LogP contribution >= 0.6 is 11.6 Å². The predicted molar refractivity (Wildman–Crippen MR) is 217 cm³/mol. The molecule has 61 heavy (non-hydrogen) atoms. The Hall–Kier alpha value is -6.35. The molecule has 1 heterocycles. The molecule has 0 saturated carbocycles. The van der Waals surface area contributed by atoms with E-state index in [1.165, 1.54) is 51.3 Å². The van der Waals surface area contributed by atoms with Gasteiger partial charge in [0.1, 0.15) is 29.6 Å². The molecule has 12 N–H and O–H groups in total. The molecular weight excluding hydrogens is 822 g/mol. The number of aliphatic hydroxyl groups excluding tert-OH is 2. The molecule has 2 aromatic carbocycles. The average molecular weight is 872 g/mol. The van der Waals surface area contributed by atoms with Gasteiger partial charge in [0.25, 0.3) is 5.91 Å². The molecule has 0 unspecified atom stereocenters. The number of carbonyl (C=O) groups excluding carboxylic acids is 7. The van der Waals surface area contributed by atoms with E-state index in [2.05, 4.69) is 26.6 Å². The zero-order chi connectivity index (χ0) is 45.6. The molecule has 6 amide bonds. The van der Waals surface area contributed by atoms with E-state index in [-0.39, 0.29) is 35.0 Å². The number of carbonyl (C=O) groups is 8. The first-order valence-electron chi connectivity index (χ1n) is 18.9. The summed E-state index contributed by atoms with van der Waals surface area (Å²) in [4.78, 5) is 105. The Morgan fingerprint density at radius 3 is 2.30 bits per heavy atom. The van der Waals surface area contributed by atoms with Gasteiger partial charge in [-0.05, 0) is 48.6 Å². The predicted octanol–water partition coefficient (Wildman–Crippen LogP) is -1.08. The number of carboxylic acid groups (broad SMARTS) is 1. The molecular formula is C40H50ClN7O13. The lowest BCUT2D eigenvalue weighted by molar-refractivity contribution is -0.161. The number of primary amides is 1. The summed E-state index contributed by atoms with van der Waals surface area (Å²) in [5.41, 5.74) is 11.6. The number of nitrogens with two attached hydrogens (primary N) is 2. The van der Waals surface area contributed by atoms with Crippen molar-refractivity contribution in [1.29, 1.82) is 0 Å². The number of nitrogens with one attached hydrogen (secondary N) is 5. The highest BCUT2D eigenvalue weighted by atomic mass is 35.5. The van der Waals surface area contributed by atoms with Gasteiger partial charge in [0.2, 0.25) is 29.5 Å². The molecule has 330 valence electrons. The van der Waals surface area contributed by atoms with E-state index in [4.69, 9.17) is 32.5 Å². The van der Waals surface area contributed by atoms with E-state index < -0.39 is 108 Å². The van der Waals surface area contributed by atoms with Gasteiger partial charge in [-0.15, -0.1) is 0 Å². The summed E-state index contributed by atoms with van der Waals surface area (Å²) in [5, 5.41) is 44.0. The summed E-state index contributed by atoms with van der Waals surface area (Å²) in [6.45, 7) is 3.82. The Balaban J connectivity index is 2.22. The van der Waals surface area contributed by atoms with Crippen LogP contribution < -0.4 is 42.8 Å². The number of hydrogen-bond acceptors (Lipinski definition) is 13. The van der Waals surface area contributed by atoms with E-state index in [0.29, 0.717) is 5.56 Å². The Morgan fingerprint density at radius 2 is 1.70 bits per heavy atom. The number of aliphatic carboxylic acids is 1. The van der Waals surface area contributed by atoms with Crippen molar-refractivity contribution >= 4 is 65.1 Å². The van der Waals surface area contributed by atoms with Crippen molar-refractivity contribution in [3.8, 4) is 5.75 Å². The second-order valence-electron chi connectivity index (χ2n) is 14.0. The third kappa shape index (κ3) is 13.9. The number of amides is 6. The highest BCUT2D eigenvalue weighted by molar-refractivity contribution is 6.32. The molecule has 1 aliphatic rings. The van der Waals surface area contributed by atoms with Crippen molar-refractivity contribution in [2.45, 2.75) is 76.1 Å². The molecule has 1 saturated heterocycles. The van der Waals surface area contributed by atoms with E-state index in [1.807, 2.05) is 0 Å². The number of methoxy groups -OCH3 is 1. The van der Waals surface area contributed by atoms with Gasteiger partial charge >= 0.3 is 11.9 Å².